The Morgan fingerprint density at radius 2 is 1.56 bits per heavy atom. The highest BCUT2D eigenvalue weighted by Crippen LogP contribution is 2.29. The summed E-state index contributed by atoms with van der Waals surface area (Å²) in [6.45, 7) is 4.71. The van der Waals surface area contributed by atoms with E-state index >= 15 is 0 Å². The van der Waals surface area contributed by atoms with Crippen LogP contribution in [0.25, 0.3) is 0 Å². The first-order valence-corrected chi connectivity index (χ1v) is 10.8. The molecule has 1 aliphatic rings. The van der Waals surface area contributed by atoms with Crippen molar-refractivity contribution in [3.63, 3.8) is 0 Å². The number of nitrogens with one attached hydrogen (secondary N) is 1. The van der Waals surface area contributed by atoms with Crippen LogP contribution in [-0.2, 0) is 0 Å². The molecule has 0 spiro atoms. The maximum atomic E-state index is 12.5. The number of carboxylic acids is 1. The standard InChI is InChI=1S/C25H24ClN3O3/c1-17-5-4-6-18(15-17)24(30)27-19-9-10-22(20(16-19)25(31)32)28-11-13-29(14-12-28)23-8-3-2-7-21(23)26/h2-10,15-16H,11-14H2,1H3,(H,27,30)(H,31,32). The van der Waals surface area contributed by atoms with Crippen molar-refractivity contribution in [2.75, 3.05) is 41.3 Å². The van der Waals surface area contributed by atoms with E-state index in [2.05, 4.69) is 15.1 Å². The third-order valence-corrected chi connectivity index (χ3v) is 5.90. The Bertz CT molecular complexity index is 1160. The van der Waals surface area contributed by atoms with Gasteiger partial charge in [-0.15, -0.1) is 0 Å². The van der Waals surface area contributed by atoms with Crippen molar-refractivity contribution in [3.8, 4) is 0 Å². The second-order valence-corrected chi connectivity index (χ2v) is 8.19. The average molecular weight is 450 g/mol. The van der Waals surface area contributed by atoms with Crippen LogP contribution in [0.5, 0.6) is 0 Å². The molecule has 3 aromatic rings. The maximum absolute atomic E-state index is 12.5. The smallest absolute Gasteiger partial charge is 0.337 e. The summed E-state index contributed by atoms with van der Waals surface area (Å²) in [6, 6.07) is 20.0. The number of carbonyl (C=O) groups is 2. The number of carbonyl (C=O) groups excluding carboxylic acids is 1. The molecule has 0 aromatic heterocycles. The van der Waals surface area contributed by atoms with Crippen molar-refractivity contribution in [1.82, 2.24) is 0 Å². The number of para-hydroxylation sites is 1. The number of hydrogen-bond donors (Lipinski definition) is 2. The summed E-state index contributed by atoms with van der Waals surface area (Å²) in [5.74, 6) is -1.30. The Morgan fingerprint density at radius 3 is 2.22 bits per heavy atom. The highest BCUT2D eigenvalue weighted by Gasteiger charge is 2.23. The summed E-state index contributed by atoms with van der Waals surface area (Å²) in [7, 11) is 0. The Labute approximate surface area is 192 Å². The largest absolute Gasteiger partial charge is 0.478 e. The first-order valence-electron chi connectivity index (χ1n) is 10.4. The molecule has 1 saturated heterocycles. The molecule has 1 heterocycles. The van der Waals surface area contributed by atoms with E-state index in [1.807, 2.05) is 43.3 Å². The average Bonchev–Trinajstić information content (AvgIpc) is 2.79. The van der Waals surface area contributed by atoms with Crippen molar-refractivity contribution < 1.29 is 14.7 Å². The number of aryl methyl sites for hydroxylation is 1. The molecule has 3 aromatic carbocycles. The summed E-state index contributed by atoms with van der Waals surface area (Å²) in [5, 5.41) is 13.3. The molecule has 1 amide bonds. The van der Waals surface area contributed by atoms with Crippen LogP contribution in [0.4, 0.5) is 17.1 Å². The number of piperazine rings is 1. The molecule has 6 nitrogen and oxygen atoms in total. The summed E-state index contributed by atoms with van der Waals surface area (Å²) in [6.07, 6.45) is 0. The van der Waals surface area contributed by atoms with Gasteiger partial charge in [-0.05, 0) is 49.4 Å². The van der Waals surface area contributed by atoms with Gasteiger partial charge in [0.05, 0.1) is 22.0 Å². The Balaban J connectivity index is 1.50. The Kier molecular flexibility index (Phi) is 6.32. The van der Waals surface area contributed by atoms with Gasteiger partial charge in [0.1, 0.15) is 0 Å². The molecular formula is C25H24ClN3O3. The maximum Gasteiger partial charge on any atom is 0.337 e. The number of benzene rings is 3. The number of rotatable bonds is 5. The third kappa shape index (κ3) is 4.70. The number of amides is 1. The van der Waals surface area contributed by atoms with Crippen LogP contribution in [0.3, 0.4) is 0 Å². The molecule has 32 heavy (non-hydrogen) atoms. The quantitative estimate of drug-likeness (QED) is 0.578. The van der Waals surface area contributed by atoms with E-state index < -0.39 is 5.97 Å². The van der Waals surface area contributed by atoms with Gasteiger partial charge in [-0.25, -0.2) is 4.79 Å². The van der Waals surface area contributed by atoms with Gasteiger partial charge in [0.25, 0.3) is 5.91 Å². The molecule has 0 radical (unpaired) electrons. The lowest BCUT2D eigenvalue weighted by molar-refractivity contribution is 0.0697. The van der Waals surface area contributed by atoms with Crippen LogP contribution in [0.1, 0.15) is 26.3 Å². The van der Waals surface area contributed by atoms with Gasteiger partial charge in [0.2, 0.25) is 0 Å². The first kappa shape index (κ1) is 21.7. The molecular weight excluding hydrogens is 426 g/mol. The summed E-state index contributed by atoms with van der Waals surface area (Å²) >= 11 is 6.32. The van der Waals surface area contributed by atoms with Gasteiger partial charge in [-0.1, -0.05) is 41.4 Å². The molecule has 2 N–H and O–H groups in total. The van der Waals surface area contributed by atoms with Crippen molar-refractivity contribution in [3.05, 3.63) is 88.4 Å². The van der Waals surface area contributed by atoms with Gasteiger partial charge in [-0.2, -0.15) is 0 Å². The van der Waals surface area contributed by atoms with Crippen LogP contribution in [0.15, 0.2) is 66.7 Å². The molecule has 1 aliphatic heterocycles. The molecule has 0 bridgehead atoms. The number of carboxylic acid groups (broad SMARTS) is 1. The van der Waals surface area contributed by atoms with Crippen LogP contribution < -0.4 is 15.1 Å². The zero-order chi connectivity index (χ0) is 22.7. The van der Waals surface area contributed by atoms with E-state index in [9.17, 15) is 14.7 Å². The summed E-state index contributed by atoms with van der Waals surface area (Å²) in [5.41, 5.74) is 3.76. The van der Waals surface area contributed by atoms with E-state index in [4.69, 9.17) is 11.6 Å². The first-order chi connectivity index (χ1) is 15.4. The third-order valence-electron chi connectivity index (χ3n) is 5.58. The number of hydrogen-bond acceptors (Lipinski definition) is 4. The van der Waals surface area contributed by atoms with Crippen molar-refractivity contribution in [2.24, 2.45) is 0 Å². The highest BCUT2D eigenvalue weighted by molar-refractivity contribution is 6.33. The summed E-state index contributed by atoms with van der Waals surface area (Å²) < 4.78 is 0. The normalized spacial score (nSPS) is 13.7. The fourth-order valence-corrected chi connectivity index (χ4v) is 4.20. The molecule has 0 saturated carbocycles. The van der Waals surface area contributed by atoms with Crippen molar-refractivity contribution in [1.29, 1.82) is 0 Å². The Morgan fingerprint density at radius 1 is 0.875 bits per heavy atom. The van der Waals surface area contributed by atoms with Gasteiger partial charge < -0.3 is 20.2 Å². The zero-order valence-corrected chi connectivity index (χ0v) is 18.5. The second kappa shape index (κ2) is 9.32. The lowest BCUT2D eigenvalue weighted by Gasteiger charge is -2.38. The van der Waals surface area contributed by atoms with Crippen LogP contribution in [0.2, 0.25) is 5.02 Å². The SMILES string of the molecule is Cc1cccc(C(=O)Nc2ccc(N3CCN(c4ccccc4Cl)CC3)c(C(=O)O)c2)c1. The molecule has 7 heteroatoms. The lowest BCUT2D eigenvalue weighted by Crippen LogP contribution is -2.47. The predicted octanol–water partition coefficient (Wildman–Crippen LogP) is 4.93. The minimum absolute atomic E-state index is 0.165. The van der Waals surface area contributed by atoms with Gasteiger partial charge in [0, 0.05) is 37.4 Å². The van der Waals surface area contributed by atoms with Crippen molar-refractivity contribution >= 4 is 40.5 Å². The fraction of sp³-hybridized carbons (Fsp3) is 0.200. The van der Waals surface area contributed by atoms with E-state index in [0.717, 1.165) is 24.3 Å². The van der Waals surface area contributed by atoms with Crippen LogP contribution in [-0.4, -0.2) is 43.2 Å². The van der Waals surface area contributed by atoms with E-state index in [0.29, 0.717) is 35.1 Å². The number of anilines is 3. The molecule has 1 fully saturated rings. The monoisotopic (exact) mass is 449 g/mol. The van der Waals surface area contributed by atoms with Crippen LogP contribution >= 0.6 is 11.6 Å². The van der Waals surface area contributed by atoms with Gasteiger partial charge in [-0.3, -0.25) is 4.79 Å². The fourth-order valence-electron chi connectivity index (χ4n) is 3.95. The van der Waals surface area contributed by atoms with Crippen LogP contribution in [0, 0.1) is 6.92 Å². The minimum atomic E-state index is -1.03. The van der Waals surface area contributed by atoms with E-state index in [1.165, 1.54) is 6.07 Å². The minimum Gasteiger partial charge on any atom is -0.478 e. The number of halogens is 1. The van der Waals surface area contributed by atoms with Gasteiger partial charge >= 0.3 is 5.97 Å². The van der Waals surface area contributed by atoms with E-state index in [-0.39, 0.29) is 11.5 Å². The molecule has 0 unspecified atom stereocenters. The molecule has 4 rings (SSSR count). The topological polar surface area (TPSA) is 72.9 Å². The van der Waals surface area contributed by atoms with E-state index in [1.54, 1.807) is 24.3 Å². The van der Waals surface area contributed by atoms with Gasteiger partial charge in [0.15, 0.2) is 0 Å². The molecule has 0 aliphatic carbocycles. The zero-order valence-electron chi connectivity index (χ0n) is 17.7. The molecule has 0 atom stereocenters. The number of aromatic carboxylic acids is 1. The molecule has 164 valence electrons. The van der Waals surface area contributed by atoms with Crippen molar-refractivity contribution in [2.45, 2.75) is 6.92 Å². The second-order valence-electron chi connectivity index (χ2n) is 7.79. The highest BCUT2D eigenvalue weighted by atomic mass is 35.5. The summed E-state index contributed by atoms with van der Waals surface area (Å²) in [4.78, 5) is 28.8. The Hall–Kier alpha value is -3.51. The lowest BCUT2D eigenvalue weighted by atomic mass is 10.1. The predicted molar refractivity (Wildman–Crippen MR) is 128 cm³/mol. The number of nitrogens with zero attached hydrogens (tertiary/aromatic N) is 2.